The Morgan fingerprint density at radius 2 is 1.83 bits per heavy atom. The molecule has 7 heteroatoms. The van der Waals surface area contributed by atoms with Crippen LogP contribution in [-0.4, -0.2) is 9.90 Å². The molecule has 1 aliphatic carbocycles. The molecule has 1 aliphatic rings. The Morgan fingerprint density at radius 3 is 2.50 bits per heavy atom. The summed E-state index contributed by atoms with van der Waals surface area (Å²) in [6, 6.07) is 3.48. The predicted molar refractivity (Wildman–Crippen MR) is 69.9 cm³/mol. The maximum Gasteiger partial charge on any atom is 0.398 e. The van der Waals surface area contributed by atoms with Crippen molar-refractivity contribution in [1.82, 2.24) is 9.90 Å². The lowest BCUT2D eigenvalue weighted by Crippen LogP contribution is -2.34. The van der Waals surface area contributed by atoms with Gasteiger partial charge in [-0.3, -0.25) is 0 Å². The Kier molecular flexibility index (Phi) is 2.88. The monoisotopic (exact) mass is 304 g/mol. The van der Waals surface area contributed by atoms with Crippen molar-refractivity contribution < 1.29 is 4.68 Å². The number of hydrogen-bond acceptors (Lipinski definition) is 1. The van der Waals surface area contributed by atoms with E-state index in [1.165, 1.54) is 16.9 Å². The number of halogens is 3. The van der Waals surface area contributed by atoms with E-state index >= 15 is 0 Å². The second kappa shape index (κ2) is 4.30. The molecule has 3 rings (SSSR count). The molecule has 1 aromatic heterocycles. The van der Waals surface area contributed by atoms with E-state index < -0.39 is 0 Å². The van der Waals surface area contributed by atoms with Gasteiger partial charge in [0.25, 0.3) is 0 Å². The van der Waals surface area contributed by atoms with Crippen molar-refractivity contribution >= 4 is 34.8 Å². The second-order valence-corrected chi connectivity index (χ2v) is 5.48. The molecule has 0 aliphatic heterocycles. The molecule has 0 amide bonds. The molecule has 0 spiro atoms. The maximum atomic E-state index is 11.9. The van der Waals surface area contributed by atoms with Gasteiger partial charge in [-0.05, 0) is 18.9 Å². The van der Waals surface area contributed by atoms with E-state index in [-0.39, 0.29) is 5.56 Å². The number of benzene rings is 1. The van der Waals surface area contributed by atoms with Crippen molar-refractivity contribution in [2.75, 3.05) is 0 Å². The summed E-state index contributed by atoms with van der Waals surface area (Å²) in [7, 11) is 0. The van der Waals surface area contributed by atoms with Crippen molar-refractivity contribution in [2.24, 2.45) is 0 Å². The Bertz CT molecular complexity index is 673. The second-order valence-electron chi connectivity index (χ2n) is 4.26. The van der Waals surface area contributed by atoms with E-state index in [9.17, 15) is 4.79 Å². The van der Waals surface area contributed by atoms with Crippen LogP contribution in [0.4, 0.5) is 0 Å². The van der Waals surface area contributed by atoms with E-state index in [2.05, 4.69) is 5.21 Å². The van der Waals surface area contributed by atoms with Crippen LogP contribution >= 0.6 is 34.8 Å². The van der Waals surface area contributed by atoms with Crippen LogP contribution in [0.2, 0.25) is 15.1 Å². The quantitative estimate of drug-likeness (QED) is 0.673. The highest BCUT2D eigenvalue weighted by atomic mass is 35.5. The minimum atomic E-state index is -0.179. The molecule has 0 saturated heterocycles. The van der Waals surface area contributed by atoms with Crippen LogP contribution in [-0.2, 0) is 0 Å². The molecule has 2 aromatic rings. The van der Waals surface area contributed by atoms with E-state index in [1.807, 2.05) is 0 Å². The van der Waals surface area contributed by atoms with E-state index in [1.54, 1.807) is 10.7 Å². The van der Waals surface area contributed by atoms with Crippen molar-refractivity contribution in [3.8, 4) is 5.69 Å². The molecule has 1 saturated carbocycles. The Balaban J connectivity index is 2.14. The smallest absolute Gasteiger partial charge is 0.235 e. The third kappa shape index (κ3) is 2.05. The molecule has 4 nitrogen and oxygen atoms in total. The fourth-order valence-electron chi connectivity index (χ4n) is 1.77. The summed E-state index contributed by atoms with van der Waals surface area (Å²) in [5, 5.41) is 4.07. The molecular weight excluding hydrogens is 296 g/mol. The number of nitrogens with zero attached hydrogens (tertiary/aromatic N) is 2. The SMILES string of the molecule is O=c1c[n+](C2CC2)[nH]n1-c1cc(Cl)c(Cl)cc1Cl. The lowest BCUT2D eigenvalue weighted by Gasteiger charge is -2.01. The predicted octanol–water partition coefficient (Wildman–Crippen LogP) is 2.75. The topological polar surface area (TPSA) is 41.7 Å². The number of aromatic amines is 1. The van der Waals surface area contributed by atoms with Crippen LogP contribution < -0.4 is 10.2 Å². The Labute approximate surface area is 118 Å². The highest BCUT2D eigenvalue weighted by molar-refractivity contribution is 6.43. The Hall–Kier alpha value is -0.970. The summed E-state index contributed by atoms with van der Waals surface area (Å²) in [6.45, 7) is 0. The zero-order valence-corrected chi connectivity index (χ0v) is 11.4. The highest BCUT2D eigenvalue weighted by Crippen LogP contribution is 2.31. The minimum Gasteiger partial charge on any atom is -0.235 e. The zero-order valence-electron chi connectivity index (χ0n) is 9.16. The van der Waals surface area contributed by atoms with Gasteiger partial charge in [-0.1, -0.05) is 44.7 Å². The van der Waals surface area contributed by atoms with Crippen molar-refractivity contribution in [1.29, 1.82) is 0 Å². The fourth-order valence-corrected chi connectivity index (χ4v) is 2.39. The third-order valence-electron chi connectivity index (χ3n) is 2.86. The highest BCUT2D eigenvalue weighted by Gasteiger charge is 2.31. The summed E-state index contributed by atoms with van der Waals surface area (Å²) in [4.78, 5) is 11.9. The maximum absolute atomic E-state index is 11.9. The minimum absolute atomic E-state index is 0.179. The van der Waals surface area contributed by atoms with Gasteiger partial charge in [0.2, 0.25) is 6.20 Å². The van der Waals surface area contributed by atoms with Crippen molar-refractivity contribution in [3.05, 3.63) is 43.8 Å². The molecule has 0 bridgehead atoms. The molecule has 94 valence electrons. The average Bonchev–Trinajstić information content (AvgIpc) is 3.08. The van der Waals surface area contributed by atoms with Crippen LogP contribution in [0.15, 0.2) is 23.1 Å². The molecule has 0 unspecified atom stereocenters. The van der Waals surface area contributed by atoms with Gasteiger partial charge in [-0.15, -0.1) is 0 Å². The normalized spacial score (nSPS) is 15.1. The first-order valence-corrected chi connectivity index (χ1v) is 6.58. The van der Waals surface area contributed by atoms with Gasteiger partial charge in [0, 0.05) is 6.07 Å². The lowest BCUT2D eigenvalue weighted by atomic mass is 10.3. The largest absolute Gasteiger partial charge is 0.398 e. The van der Waals surface area contributed by atoms with Gasteiger partial charge < -0.3 is 0 Å². The number of aromatic nitrogens is 3. The molecular formula is C11H9Cl3N3O+. The third-order valence-corrected chi connectivity index (χ3v) is 3.88. The average molecular weight is 306 g/mol. The number of hydrogen-bond donors (Lipinski definition) is 1. The van der Waals surface area contributed by atoms with Crippen LogP contribution in [0.25, 0.3) is 5.69 Å². The molecule has 18 heavy (non-hydrogen) atoms. The summed E-state index contributed by atoms with van der Waals surface area (Å²) < 4.78 is 3.16. The first-order chi connectivity index (χ1) is 8.56. The van der Waals surface area contributed by atoms with Crippen molar-refractivity contribution in [3.63, 3.8) is 0 Å². The van der Waals surface area contributed by atoms with Gasteiger partial charge in [-0.2, -0.15) is 4.68 Å². The fraction of sp³-hybridized carbons (Fsp3) is 0.273. The standard InChI is InChI=1S/C11H8Cl3N3O/c12-7-3-9(14)10(4-8(7)13)17-11(18)5-16(15-17)6-1-2-6/h3-6H,1-2H2/p+1. The molecule has 0 radical (unpaired) electrons. The molecule has 1 fully saturated rings. The van der Waals surface area contributed by atoms with E-state index in [0.717, 1.165) is 12.8 Å². The summed E-state index contributed by atoms with van der Waals surface area (Å²) in [5.74, 6) is 0. The zero-order chi connectivity index (χ0) is 12.9. The van der Waals surface area contributed by atoms with Gasteiger partial charge >= 0.3 is 5.56 Å². The number of H-pyrrole nitrogens is 1. The Morgan fingerprint density at radius 1 is 1.17 bits per heavy atom. The van der Waals surface area contributed by atoms with Crippen LogP contribution in [0.5, 0.6) is 0 Å². The number of nitrogens with one attached hydrogen (secondary N) is 1. The molecule has 1 aromatic carbocycles. The van der Waals surface area contributed by atoms with Crippen molar-refractivity contribution in [2.45, 2.75) is 18.9 Å². The molecule has 1 N–H and O–H groups in total. The van der Waals surface area contributed by atoms with E-state index in [0.29, 0.717) is 26.8 Å². The van der Waals surface area contributed by atoms with Gasteiger partial charge in [0.1, 0.15) is 6.04 Å². The molecule has 1 heterocycles. The first-order valence-electron chi connectivity index (χ1n) is 5.44. The first kappa shape index (κ1) is 12.1. The number of rotatable bonds is 2. The summed E-state index contributed by atoms with van der Waals surface area (Å²) >= 11 is 17.9. The van der Waals surface area contributed by atoms with E-state index in [4.69, 9.17) is 34.8 Å². The van der Waals surface area contributed by atoms with Gasteiger partial charge in [0.15, 0.2) is 5.69 Å². The van der Waals surface area contributed by atoms with Gasteiger partial charge in [0.05, 0.1) is 15.1 Å². The van der Waals surface area contributed by atoms with Crippen LogP contribution in [0.1, 0.15) is 18.9 Å². The van der Waals surface area contributed by atoms with Crippen LogP contribution in [0.3, 0.4) is 0 Å². The van der Waals surface area contributed by atoms with Crippen LogP contribution in [0, 0.1) is 0 Å². The summed E-state index contributed by atoms with van der Waals surface area (Å²) in [6.07, 6.45) is 3.69. The lowest BCUT2D eigenvalue weighted by molar-refractivity contribution is -0.758. The van der Waals surface area contributed by atoms with Gasteiger partial charge in [-0.25, -0.2) is 4.79 Å². The summed E-state index contributed by atoms with van der Waals surface area (Å²) in [5.41, 5.74) is 0.317. The molecule has 0 atom stereocenters.